The lowest BCUT2D eigenvalue weighted by Gasteiger charge is -2.36. The predicted octanol–water partition coefficient (Wildman–Crippen LogP) is 4.27. The first-order valence-corrected chi connectivity index (χ1v) is 14.6. The fraction of sp³-hybridized carbons (Fsp3) is 0.464. The van der Waals surface area contributed by atoms with Crippen LogP contribution in [0.5, 0.6) is 5.75 Å². The molecular weight excluding hydrogens is 491 g/mol. The Kier molecular flexibility index (Phi) is 7.92. The third kappa shape index (κ3) is 6.22. The van der Waals surface area contributed by atoms with Crippen LogP contribution in [0.3, 0.4) is 0 Å². The fourth-order valence-electron chi connectivity index (χ4n) is 5.95. The first-order chi connectivity index (χ1) is 17.9. The lowest BCUT2D eigenvalue weighted by Crippen LogP contribution is -2.42. The standard InChI is InChI=1S/C28H35FN4O3S/c29-26-3-1-2-4-28(26)37(35,36)33-16-20-7-5-19(6-8-20)15-31-27-12-9-21-13-23(34)10-11-24(21)25(27)14-22-17-30-18-32-22/h1-4,10-11,13,17-20,25,27,31,33-34H,5-9,12,14-16H2,(H,30,32). The summed E-state index contributed by atoms with van der Waals surface area (Å²) in [6.07, 6.45) is 10.4. The minimum atomic E-state index is -3.84. The number of benzene rings is 2. The number of fused-ring (bicyclic) bond motifs is 1. The number of H-pyrrole nitrogens is 1. The summed E-state index contributed by atoms with van der Waals surface area (Å²) in [5.74, 6) is 0.707. The molecular formula is C28H35FN4O3S. The zero-order valence-electron chi connectivity index (χ0n) is 20.9. The number of aromatic nitrogens is 2. The minimum Gasteiger partial charge on any atom is -0.508 e. The minimum absolute atomic E-state index is 0.264. The Hall–Kier alpha value is -2.75. The Morgan fingerprint density at radius 1 is 1.03 bits per heavy atom. The molecule has 0 bridgehead atoms. The molecule has 1 fully saturated rings. The molecule has 2 unspecified atom stereocenters. The number of halogens is 1. The number of hydrogen-bond acceptors (Lipinski definition) is 5. The van der Waals surface area contributed by atoms with E-state index < -0.39 is 15.8 Å². The molecule has 2 aromatic carbocycles. The van der Waals surface area contributed by atoms with Crippen molar-refractivity contribution in [3.05, 3.63) is 77.6 Å². The van der Waals surface area contributed by atoms with Crippen molar-refractivity contribution in [3.8, 4) is 5.75 Å². The zero-order chi connectivity index (χ0) is 25.8. The number of phenolic OH excluding ortho intramolecular Hbond substituents is 1. The average molecular weight is 527 g/mol. The average Bonchev–Trinajstić information content (AvgIpc) is 3.41. The molecule has 5 rings (SSSR count). The van der Waals surface area contributed by atoms with Crippen LogP contribution in [0.15, 0.2) is 59.9 Å². The maximum atomic E-state index is 13.9. The van der Waals surface area contributed by atoms with Crippen LogP contribution in [0.25, 0.3) is 0 Å². The molecule has 1 saturated carbocycles. The second-order valence-corrected chi connectivity index (χ2v) is 12.2. The molecule has 1 heterocycles. The van der Waals surface area contributed by atoms with Gasteiger partial charge in [-0.1, -0.05) is 18.2 Å². The summed E-state index contributed by atoms with van der Waals surface area (Å²) >= 11 is 0. The number of aromatic amines is 1. The molecule has 7 nitrogen and oxygen atoms in total. The van der Waals surface area contributed by atoms with Crippen LogP contribution in [0, 0.1) is 17.7 Å². The number of aryl methyl sites for hydroxylation is 1. The highest BCUT2D eigenvalue weighted by Gasteiger charge is 2.31. The van der Waals surface area contributed by atoms with E-state index in [2.05, 4.69) is 26.1 Å². The van der Waals surface area contributed by atoms with E-state index in [4.69, 9.17) is 0 Å². The highest BCUT2D eigenvalue weighted by Crippen LogP contribution is 2.36. The molecule has 0 amide bonds. The maximum absolute atomic E-state index is 13.9. The van der Waals surface area contributed by atoms with E-state index in [0.717, 1.165) is 57.2 Å². The Morgan fingerprint density at radius 3 is 2.51 bits per heavy atom. The van der Waals surface area contributed by atoms with Gasteiger partial charge >= 0.3 is 0 Å². The van der Waals surface area contributed by atoms with E-state index in [1.807, 2.05) is 12.3 Å². The summed E-state index contributed by atoms with van der Waals surface area (Å²) in [6.45, 7) is 1.28. The molecule has 3 aromatic rings. The topological polar surface area (TPSA) is 107 Å². The maximum Gasteiger partial charge on any atom is 0.243 e. The first-order valence-electron chi connectivity index (χ1n) is 13.2. The number of rotatable bonds is 9. The summed E-state index contributed by atoms with van der Waals surface area (Å²) in [7, 11) is -3.84. The van der Waals surface area contributed by atoms with Gasteiger partial charge in [-0.05, 0) is 98.7 Å². The van der Waals surface area contributed by atoms with E-state index in [1.165, 1.54) is 35.4 Å². The first kappa shape index (κ1) is 25.9. The number of nitrogens with zero attached hydrogens (tertiary/aromatic N) is 1. The second-order valence-electron chi connectivity index (χ2n) is 10.5. The summed E-state index contributed by atoms with van der Waals surface area (Å²) in [6, 6.07) is 11.6. The largest absolute Gasteiger partial charge is 0.508 e. The lowest BCUT2D eigenvalue weighted by atomic mass is 9.76. The van der Waals surface area contributed by atoms with Crippen molar-refractivity contribution in [1.29, 1.82) is 0 Å². The summed E-state index contributed by atoms with van der Waals surface area (Å²) in [5, 5.41) is 13.8. The molecule has 0 radical (unpaired) electrons. The van der Waals surface area contributed by atoms with Crippen molar-refractivity contribution in [2.75, 3.05) is 13.1 Å². The Balaban J connectivity index is 1.14. The van der Waals surface area contributed by atoms with E-state index in [9.17, 15) is 17.9 Å². The van der Waals surface area contributed by atoms with Gasteiger partial charge in [-0.3, -0.25) is 0 Å². The number of phenols is 1. The van der Waals surface area contributed by atoms with Crippen molar-refractivity contribution in [1.82, 2.24) is 20.0 Å². The van der Waals surface area contributed by atoms with Gasteiger partial charge in [0.05, 0.1) is 6.33 Å². The Morgan fingerprint density at radius 2 is 1.78 bits per heavy atom. The van der Waals surface area contributed by atoms with Crippen LogP contribution in [0.2, 0.25) is 0 Å². The Labute approximate surface area is 218 Å². The van der Waals surface area contributed by atoms with E-state index in [1.54, 1.807) is 12.4 Å². The van der Waals surface area contributed by atoms with Gasteiger partial charge in [0.1, 0.15) is 16.5 Å². The molecule has 0 saturated heterocycles. The fourth-order valence-corrected chi connectivity index (χ4v) is 7.15. The van der Waals surface area contributed by atoms with Gasteiger partial charge in [-0.25, -0.2) is 22.5 Å². The third-order valence-corrected chi connectivity index (χ3v) is 9.51. The normalized spacial score (nSPS) is 24.0. The number of hydrogen-bond donors (Lipinski definition) is 4. The van der Waals surface area contributed by atoms with Crippen LogP contribution < -0.4 is 10.0 Å². The van der Waals surface area contributed by atoms with Gasteiger partial charge in [0.2, 0.25) is 10.0 Å². The Bertz CT molecular complexity index is 1290. The number of imidazole rings is 1. The van der Waals surface area contributed by atoms with Crippen LogP contribution >= 0.6 is 0 Å². The number of sulfonamides is 1. The molecule has 2 aliphatic carbocycles. The van der Waals surface area contributed by atoms with Crippen LogP contribution in [-0.2, 0) is 22.9 Å². The quantitative estimate of drug-likeness (QED) is 0.333. The zero-order valence-corrected chi connectivity index (χ0v) is 21.7. The molecule has 1 aromatic heterocycles. The highest BCUT2D eigenvalue weighted by atomic mass is 32.2. The molecule has 2 aliphatic rings. The number of nitrogens with one attached hydrogen (secondary N) is 3. The molecule has 37 heavy (non-hydrogen) atoms. The predicted molar refractivity (Wildman–Crippen MR) is 140 cm³/mol. The van der Waals surface area contributed by atoms with E-state index in [0.29, 0.717) is 30.2 Å². The van der Waals surface area contributed by atoms with Gasteiger partial charge in [0, 0.05) is 30.4 Å². The van der Waals surface area contributed by atoms with Gasteiger partial charge in [0.15, 0.2) is 0 Å². The third-order valence-electron chi connectivity index (χ3n) is 8.05. The monoisotopic (exact) mass is 526 g/mol. The van der Waals surface area contributed by atoms with Crippen LogP contribution in [0.1, 0.15) is 54.8 Å². The van der Waals surface area contributed by atoms with Gasteiger partial charge in [-0.2, -0.15) is 0 Å². The van der Waals surface area contributed by atoms with Crippen molar-refractivity contribution >= 4 is 10.0 Å². The van der Waals surface area contributed by atoms with E-state index in [-0.39, 0.29) is 10.8 Å². The van der Waals surface area contributed by atoms with Crippen molar-refractivity contribution in [2.24, 2.45) is 11.8 Å². The smallest absolute Gasteiger partial charge is 0.243 e. The highest BCUT2D eigenvalue weighted by molar-refractivity contribution is 7.89. The second kappa shape index (κ2) is 11.3. The summed E-state index contributed by atoms with van der Waals surface area (Å²) in [4.78, 5) is 7.13. The summed E-state index contributed by atoms with van der Waals surface area (Å²) < 4.78 is 41.6. The van der Waals surface area contributed by atoms with Gasteiger partial charge in [-0.15, -0.1) is 0 Å². The van der Waals surface area contributed by atoms with E-state index >= 15 is 0 Å². The molecule has 4 N–H and O–H groups in total. The SMILES string of the molecule is O=S(=O)(NCC1CCC(CNC2CCc3cc(O)ccc3C2Cc2cnc[nH]2)CC1)c1ccccc1F. The van der Waals surface area contributed by atoms with Crippen LogP contribution in [-0.4, -0.2) is 42.6 Å². The molecule has 0 aliphatic heterocycles. The summed E-state index contributed by atoms with van der Waals surface area (Å²) in [5.41, 5.74) is 3.62. The van der Waals surface area contributed by atoms with Crippen LogP contribution in [0.4, 0.5) is 4.39 Å². The van der Waals surface area contributed by atoms with Crippen molar-refractivity contribution in [2.45, 2.75) is 61.8 Å². The van der Waals surface area contributed by atoms with Crippen molar-refractivity contribution in [3.63, 3.8) is 0 Å². The molecule has 0 spiro atoms. The molecule has 198 valence electrons. The lowest BCUT2D eigenvalue weighted by molar-refractivity contribution is 0.252. The van der Waals surface area contributed by atoms with Gasteiger partial charge in [0.25, 0.3) is 0 Å². The molecule has 2 atom stereocenters. The van der Waals surface area contributed by atoms with Gasteiger partial charge < -0.3 is 15.4 Å². The molecule has 9 heteroatoms. The van der Waals surface area contributed by atoms with Crippen molar-refractivity contribution < 1.29 is 17.9 Å². The number of aromatic hydroxyl groups is 1.